The van der Waals surface area contributed by atoms with Crippen molar-refractivity contribution < 1.29 is 4.52 Å². The predicted molar refractivity (Wildman–Crippen MR) is 124 cm³/mol. The summed E-state index contributed by atoms with van der Waals surface area (Å²) >= 11 is 6.09. The van der Waals surface area contributed by atoms with E-state index in [1.165, 1.54) is 4.57 Å². The van der Waals surface area contributed by atoms with Crippen LogP contribution < -0.4 is 11.2 Å². The van der Waals surface area contributed by atoms with Gasteiger partial charge in [-0.25, -0.2) is 9.79 Å². The van der Waals surface area contributed by atoms with E-state index in [0.29, 0.717) is 47.7 Å². The van der Waals surface area contributed by atoms with Crippen molar-refractivity contribution in [2.45, 2.75) is 65.5 Å². The standard InChI is InChI=1S/C23H26ClN5O3/c1-3-4-7-12-28-21-17(14-18(24)25-21)22(30)29(23(28)31)13-8-11-19-26-20(27-32-19)16-10-6-5-9-15(16)2/h5-6,9-10H,3-4,7-8,11-14H2,1-2H3. The van der Waals surface area contributed by atoms with Gasteiger partial charge in [-0.3, -0.25) is 13.9 Å². The van der Waals surface area contributed by atoms with Crippen molar-refractivity contribution in [2.75, 3.05) is 0 Å². The van der Waals surface area contributed by atoms with E-state index in [9.17, 15) is 9.59 Å². The molecule has 0 saturated heterocycles. The Morgan fingerprint density at radius 2 is 1.88 bits per heavy atom. The molecule has 1 aromatic carbocycles. The molecule has 8 nitrogen and oxygen atoms in total. The summed E-state index contributed by atoms with van der Waals surface area (Å²) in [5.74, 6) is 1.43. The molecule has 0 N–H and O–H groups in total. The summed E-state index contributed by atoms with van der Waals surface area (Å²) < 4.78 is 8.26. The number of unbranched alkanes of at least 4 members (excludes halogenated alkanes) is 2. The topological polar surface area (TPSA) is 95.3 Å². The fourth-order valence-electron chi connectivity index (χ4n) is 3.92. The van der Waals surface area contributed by atoms with Crippen LogP contribution in [0, 0.1) is 6.92 Å². The number of hydrogen-bond acceptors (Lipinski definition) is 6. The first-order valence-electron chi connectivity index (χ1n) is 11.0. The summed E-state index contributed by atoms with van der Waals surface area (Å²) in [6, 6.07) is 7.83. The van der Waals surface area contributed by atoms with E-state index in [1.807, 2.05) is 31.2 Å². The van der Waals surface area contributed by atoms with Crippen molar-refractivity contribution in [3.8, 4) is 11.4 Å². The van der Waals surface area contributed by atoms with E-state index in [-0.39, 0.29) is 24.2 Å². The number of hydrogen-bond donors (Lipinski definition) is 0. The van der Waals surface area contributed by atoms with E-state index in [0.717, 1.165) is 30.4 Å². The normalized spacial score (nSPS) is 12.8. The van der Waals surface area contributed by atoms with Crippen molar-refractivity contribution in [3.63, 3.8) is 0 Å². The average Bonchev–Trinajstić information content (AvgIpc) is 3.40. The lowest BCUT2D eigenvalue weighted by molar-refractivity contribution is 0.371. The second-order valence-corrected chi connectivity index (χ2v) is 8.43. The Bertz CT molecular complexity index is 1270. The van der Waals surface area contributed by atoms with Crippen LogP contribution in [0.5, 0.6) is 0 Å². The number of nitrogens with zero attached hydrogens (tertiary/aromatic N) is 5. The maximum Gasteiger partial charge on any atom is 0.332 e. The molecule has 3 aromatic rings. The van der Waals surface area contributed by atoms with Crippen LogP contribution in [0.1, 0.15) is 49.6 Å². The lowest BCUT2D eigenvalue weighted by Crippen LogP contribution is -2.41. The van der Waals surface area contributed by atoms with Crippen LogP contribution in [0.4, 0.5) is 5.82 Å². The first-order chi connectivity index (χ1) is 15.5. The molecule has 0 atom stereocenters. The number of rotatable bonds is 9. The van der Waals surface area contributed by atoms with Gasteiger partial charge in [0.1, 0.15) is 11.0 Å². The molecule has 0 unspecified atom stereocenters. The van der Waals surface area contributed by atoms with E-state index in [2.05, 4.69) is 22.1 Å². The maximum atomic E-state index is 13.1. The van der Waals surface area contributed by atoms with Gasteiger partial charge < -0.3 is 4.52 Å². The second-order valence-electron chi connectivity index (χ2n) is 8.00. The number of benzene rings is 1. The smallest absolute Gasteiger partial charge is 0.332 e. The molecule has 9 heteroatoms. The summed E-state index contributed by atoms with van der Waals surface area (Å²) in [5.41, 5.74) is 1.82. The second kappa shape index (κ2) is 9.65. The van der Waals surface area contributed by atoms with Gasteiger partial charge in [-0.2, -0.15) is 4.98 Å². The van der Waals surface area contributed by atoms with Gasteiger partial charge in [-0.1, -0.05) is 60.8 Å². The predicted octanol–water partition coefficient (Wildman–Crippen LogP) is 4.02. The fourth-order valence-corrected chi connectivity index (χ4v) is 4.14. The van der Waals surface area contributed by atoms with Gasteiger partial charge >= 0.3 is 5.69 Å². The van der Waals surface area contributed by atoms with Crippen LogP contribution in [-0.4, -0.2) is 24.4 Å². The summed E-state index contributed by atoms with van der Waals surface area (Å²) in [5, 5.41) is 4.41. The molecular weight excluding hydrogens is 430 g/mol. The van der Waals surface area contributed by atoms with Gasteiger partial charge in [0, 0.05) is 31.5 Å². The first-order valence-corrected chi connectivity index (χ1v) is 11.4. The Balaban J connectivity index is 1.51. The van der Waals surface area contributed by atoms with Crippen LogP contribution in [0.15, 0.2) is 43.4 Å². The van der Waals surface area contributed by atoms with Crippen LogP contribution in [0.2, 0.25) is 0 Å². The lowest BCUT2D eigenvalue weighted by atomic mass is 10.1. The molecular formula is C23H26ClN5O3. The molecule has 0 fully saturated rings. The molecule has 1 aliphatic heterocycles. The Morgan fingerprint density at radius 3 is 2.66 bits per heavy atom. The minimum Gasteiger partial charge on any atom is -0.339 e. The summed E-state index contributed by atoms with van der Waals surface area (Å²) in [6.07, 6.45) is 4.14. The van der Waals surface area contributed by atoms with Gasteiger partial charge in [-0.15, -0.1) is 0 Å². The molecule has 0 aliphatic carbocycles. The van der Waals surface area contributed by atoms with Crippen LogP contribution >= 0.6 is 11.6 Å². The Kier molecular flexibility index (Phi) is 6.69. The minimum absolute atomic E-state index is 0.262. The van der Waals surface area contributed by atoms with E-state index in [1.54, 1.807) is 4.57 Å². The zero-order chi connectivity index (χ0) is 22.7. The van der Waals surface area contributed by atoms with Gasteiger partial charge in [0.05, 0.1) is 5.56 Å². The zero-order valence-electron chi connectivity index (χ0n) is 18.3. The quantitative estimate of drug-likeness (QED) is 0.454. The van der Waals surface area contributed by atoms with Gasteiger partial charge in [-0.05, 0) is 25.3 Å². The monoisotopic (exact) mass is 455 g/mol. The number of halogens is 1. The van der Waals surface area contributed by atoms with Crippen molar-refractivity contribution in [1.29, 1.82) is 0 Å². The number of aryl methyl sites for hydroxylation is 2. The summed E-state index contributed by atoms with van der Waals surface area (Å²) in [7, 11) is 0. The molecule has 168 valence electrons. The Labute approximate surface area is 190 Å². The molecule has 1 aliphatic rings. The molecule has 0 bridgehead atoms. The summed E-state index contributed by atoms with van der Waals surface area (Å²) in [4.78, 5) is 34.8. The molecule has 3 heterocycles. The van der Waals surface area contributed by atoms with E-state index in [4.69, 9.17) is 16.1 Å². The van der Waals surface area contributed by atoms with E-state index >= 15 is 0 Å². The molecule has 32 heavy (non-hydrogen) atoms. The number of fused-ring (bicyclic) bond motifs is 1. The third kappa shape index (κ3) is 4.46. The average molecular weight is 456 g/mol. The highest BCUT2D eigenvalue weighted by molar-refractivity contribution is 6.66. The highest BCUT2D eigenvalue weighted by atomic mass is 35.5. The summed E-state index contributed by atoms with van der Waals surface area (Å²) in [6.45, 7) is 4.88. The lowest BCUT2D eigenvalue weighted by Gasteiger charge is -2.13. The maximum absolute atomic E-state index is 13.1. The van der Waals surface area contributed by atoms with Crippen molar-refractivity contribution in [2.24, 2.45) is 4.99 Å². The largest absolute Gasteiger partial charge is 0.339 e. The van der Waals surface area contributed by atoms with Gasteiger partial charge in [0.25, 0.3) is 5.56 Å². The number of aromatic nitrogens is 4. The molecule has 0 amide bonds. The molecule has 0 saturated carbocycles. The SMILES string of the molecule is CCCCCn1c2c(c(=O)n(CCCc3nc(-c4ccccc4C)no3)c1=O)CC(Cl)=N2. The van der Waals surface area contributed by atoms with Crippen molar-refractivity contribution in [3.05, 3.63) is 62.1 Å². The van der Waals surface area contributed by atoms with Crippen LogP contribution in [-0.2, 0) is 25.9 Å². The molecule has 2 aromatic heterocycles. The Morgan fingerprint density at radius 1 is 1.09 bits per heavy atom. The van der Waals surface area contributed by atoms with Gasteiger partial charge in [0.15, 0.2) is 0 Å². The van der Waals surface area contributed by atoms with Crippen molar-refractivity contribution in [1.82, 2.24) is 19.3 Å². The third-order valence-electron chi connectivity index (χ3n) is 5.65. The number of aliphatic imine (C=N–C) groups is 1. The molecule has 0 spiro atoms. The van der Waals surface area contributed by atoms with Crippen molar-refractivity contribution >= 4 is 22.6 Å². The fraction of sp³-hybridized carbons (Fsp3) is 0.435. The minimum atomic E-state index is -0.342. The third-order valence-corrected chi connectivity index (χ3v) is 5.87. The highest BCUT2D eigenvalue weighted by Crippen LogP contribution is 2.24. The highest BCUT2D eigenvalue weighted by Gasteiger charge is 2.24. The first kappa shape index (κ1) is 22.2. The Hall–Kier alpha value is -3.00. The van der Waals surface area contributed by atoms with Crippen LogP contribution in [0.3, 0.4) is 0 Å². The van der Waals surface area contributed by atoms with E-state index < -0.39 is 0 Å². The zero-order valence-corrected chi connectivity index (χ0v) is 19.1. The molecule has 4 rings (SSSR count). The van der Waals surface area contributed by atoms with Crippen LogP contribution in [0.25, 0.3) is 11.4 Å². The molecule has 0 radical (unpaired) electrons. The van der Waals surface area contributed by atoms with Gasteiger partial charge in [0.2, 0.25) is 11.7 Å².